The minimum Gasteiger partial charge on any atom is -0.352 e. The first-order valence-corrected chi connectivity index (χ1v) is 6.97. The van der Waals surface area contributed by atoms with Gasteiger partial charge in [-0.3, -0.25) is 0 Å². The molecule has 5 heteroatoms. The van der Waals surface area contributed by atoms with Gasteiger partial charge >= 0.3 is 0 Å². The third kappa shape index (κ3) is 3.84. The molecule has 0 atom stereocenters. The van der Waals surface area contributed by atoms with Crippen LogP contribution in [-0.2, 0) is 0 Å². The van der Waals surface area contributed by atoms with Gasteiger partial charge in [-0.25, -0.2) is 4.98 Å². The summed E-state index contributed by atoms with van der Waals surface area (Å²) in [6, 6.07) is 7.94. The molecular formula is C15H19ClN4. The van der Waals surface area contributed by atoms with Crippen molar-refractivity contribution >= 4 is 29.1 Å². The van der Waals surface area contributed by atoms with Crippen molar-refractivity contribution in [1.82, 2.24) is 9.97 Å². The third-order valence-corrected chi connectivity index (χ3v) is 2.97. The van der Waals surface area contributed by atoms with Crippen LogP contribution in [0, 0.1) is 13.8 Å². The Morgan fingerprint density at radius 1 is 1.10 bits per heavy atom. The van der Waals surface area contributed by atoms with E-state index in [1.807, 2.05) is 38.1 Å². The molecule has 0 bridgehead atoms. The van der Waals surface area contributed by atoms with Gasteiger partial charge in [0.25, 0.3) is 0 Å². The number of nitrogens with one attached hydrogen (secondary N) is 2. The fourth-order valence-corrected chi connectivity index (χ4v) is 1.99. The zero-order chi connectivity index (χ0) is 14.7. The lowest BCUT2D eigenvalue weighted by molar-refractivity contribution is 0.871. The molecule has 0 radical (unpaired) electrons. The van der Waals surface area contributed by atoms with Crippen LogP contribution < -0.4 is 10.6 Å². The molecular weight excluding hydrogens is 272 g/mol. The molecule has 2 aromatic rings. The highest BCUT2D eigenvalue weighted by molar-refractivity contribution is 6.30. The average Bonchev–Trinajstić information content (AvgIpc) is 2.32. The van der Waals surface area contributed by atoms with Gasteiger partial charge in [-0.1, -0.05) is 17.7 Å². The Bertz CT molecular complexity index is 611. The molecule has 0 aliphatic rings. The molecule has 106 valence electrons. The zero-order valence-electron chi connectivity index (χ0n) is 12.2. The predicted molar refractivity (Wildman–Crippen MR) is 85.0 cm³/mol. The molecule has 0 saturated carbocycles. The molecule has 1 aromatic carbocycles. The third-order valence-electron chi connectivity index (χ3n) is 2.73. The lowest BCUT2D eigenvalue weighted by Gasteiger charge is -2.13. The summed E-state index contributed by atoms with van der Waals surface area (Å²) >= 11 is 6.03. The van der Waals surface area contributed by atoms with E-state index >= 15 is 0 Å². The van der Waals surface area contributed by atoms with Gasteiger partial charge in [0.1, 0.15) is 5.82 Å². The summed E-state index contributed by atoms with van der Waals surface area (Å²) in [6.45, 7) is 8.09. The van der Waals surface area contributed by atoms with Crippen LogP contribution in [-0.4, -0.2) is 16.0 Å². The van der Waals surface area contributed by atoms with Crippen LogP contribution in [0.25, 0.3) is 0 Å². The molecule has 0 amide bonds. The molecule has 20 heavy (non-hydrogen) atoms. The molecule has 0 saturated heterocycles. The zero-order valence-corrected chi connectivity index (χ0v) is 12.9. The fraction of sp³-hybridized carbons (Fsp3) is 0.333. The Balaban J connectivity index is 2.28. The van der Waals surface area contributed by atoms with Crippen molar-refractivity contribution in [2.24, 2.45) is 0 Å². The molecule has 2 N–H and O–H groups in total. The van der Waals surface area contributed by atoms with Gasteiger partial charge in [0.15, 0.2) is 0 Å². The number of halogens is 1. The highest BCUT2D eigenvalue weighted by Gasteiger charge is 2.06. The van der Waals surface area contributed by atoms with Gasteiger partial charge in [0, 0.05) is 28.5 Å². The summed E-state index contributed by atoms with van der Waals surface area (Å²) in [7, 11) is 0. The van der Waals surface area contributed by atoms with E-state index in [2.05, 4.69) is 34.4 Å². The monoisotopic (exact) mass is 290 g/mol. The van der Waals surface area contributed by atoms with Crippen LogP contribution in [0.1, 0.15) is 25.1 Å². The summed E-state index contributed by atoms with van der Waals surface area (Å²) in [4.78, 5) is 8.83. The van der Waals surface area contributed by atoms with Gasteiger partial charge in [0.05, 0.1) is 0 Å². The van der Waals surface area contributed by atoms with Gasteiger partial charge < -0.3 is 10.6 Å². The number of aryl methyl sites for hydroxylation is 2. The molecule has 1 aromatic heterocycles. The maximum Gasteiger partial charge on any atom is 0.225 e. The summed E-state index contributed by atoms with van der Waals surface area (Å²) in [6.07, 6.45) is 0. The number of anilines is 3. The van der Waals surface area contributed by atoms with Gasteiger partial charge in [0.2, 0.25) is 5.95 Å². The molecule has 0 aliphatic heterocycles. The Morgan fingerprint density at radius 2 is 1.85 bits per heavy atom. The fourth-order valence-electron chi connectivity index (χ4n) is 1.82. The Hall–Kier alpha value is -1.81. The van der Waals surface area contributed by atoms with Crippen molar-refractivity contribution in [3.8, 4) is 0 Å². The minimum atomic E-state index is 0.289. The number of benzene rings is 1. The normalized spacial score (nSPS) is 10.7. The van der Waals surface area contributed by atoms with Gasteiger partial charge in [-0.05, 0) is 45.4 Å². The smallest absolute Gasteiger partial charge is 0.225 e. The van der Waals surface area contributed by atoms with Crippen LogP contribution in [0.5, 0.6) is 0 Å². The minimum absolute atomic E-state index is 0.289. The molecule has 0 fully saturated rings. The van der Waals surface area contributed by atoms with Gasteiger partial charge in [-0.2, -0.15) is 4.98 Å². The average molecular weight is 291 g/mol. The highest BCUT2D eigenvalue weighted by atomic mass is 35.5. The van der Waals surface area contributed by atoms with E-state index in [4.69, 9.17) is 11.6 Å². The first-order valence-electron chi connectivity index (χ1n) is 6.59. The summed E-state index contributed by atoms with van der Waals surface area (Å²) < 4.78 is 0. The number of hydrogen-bond donors (Lipinski definition) is 2. The van der Waals surface area contributed by atoms with Crippen molar-refractivity contribution in [3.05, 3.63) is 40.5 Å². The topological polar surface area (TPSA) is 49.8 Å². The summed E-state index contributed by atoms with van der Waals surface area (Å²) in [5.74, 6) is 1.38. The van der Waals surface area contributed by atoms with Crippen LogP contribution in [0.2, 0.25) is 5.02 Å². The van der Waals surface area contributed by atoms with Crippen LogP contribution in [0.3, 0.4) is 0 Å². The van der Waals surface area contributed by atoms with Gasteiger partial charge in [-0.15, -0.1) is 0 Å². The van der Waals surface area contributed by atoms with Crippen molar-refractivity contribution in [1.29, 1.82) is 0 Å². The molecule has 2 rings (SSSR count). The van der Waals surface area contributed by atoms with E-state index in [-0.39, 0.29) is 6.04 Å². The number of nitrogens with zero attached hydrogens (tertiary/aromatic N) is 2. The van der Waals surface area contributed by atoms with Crippen LogP contribution in [0.4, 0.5) is 17.5 Å². The van der Waals surface area contributed by atoms with Crippen molar-refractivity contribution in [3.63, 3.8) is 0 Å². The second-order valence-corrected chi connectivity index (χ2v) is 5.54. The Morgan fingerprint density at radius 3 is 2.55 bits per heavy atom. The first kappa shape index (κ1) is 14.6. The highest BCUT2D eigenvalue weighted by Crippen LogP contribution is 2.24. The maximum atomic E-state index is 6.03. The molecule has 4 nitrogen and oxygen atoms in total. The molecule has 0 aliphatic carbocycles. The second-order valence-electron chi connectivity index (χ2n) is 5.10. The molecule has 0 unspecified atom stereocenters. The van der Waals surface area contributed by atoms with Crippen molar-refractivity contribution < 1.29 is 0 Å². The maximum absolute atomic E-state index is 6.03. The lowest BCUT2D eigenvalue weighted by Crippen LogP contribution is -2.13. The Kier molecular flexibility index (Phi) is 4.45. The van der Waals surface area contributed by atoms with Crippen LogP contribution in [0.15, 0.2) is 24.3 Å². The lowest BCUT2D eigenvalue weighted by atomic mass is 10.2. The van der Waals surface area contributed by atoms with E-state index in [0.29, 0.717) is 11.0 Å². The predicted octanol–water partition coefficient (Wildman–Crippen LogP) is 4.31. The van der Waals surface area contributed by atoms with Crippen molar-refractivity contribution in [2.45, 2.75) is 33.7 Å². The second kappa shape index (κ2) is 6.09. The largest absolute Gasteiger partial charge is 0.352 e. The van der Waals surface area contributed by atoms with E-state index < -0.39 is 0 Å². The SMILES string of the molecule is Cc1cc(Nc2cc(Cl)ccc2C)nc(NC(C)C)n1. The first-order chi connectivity index (χ1) is 9.44. The van der Waals surface area contributed by atoms with E-state index in [1.54, 1.807) is 0 Å². The number of hydrogen-bond acceptors (Lipinski definition) is 4. The van der Waals surface area contributed by atoms with Crippen LogP contribution >= 0.6 is 11.6 Å². The quantitative estimate of drug-likeness (QED) is 0.881. The number of aromatic nitrogens is 2. The molecule has 0 spiro atoms. The molecule has 1 heterocycles. The van der Waals surface area contributed by atoms with Crippen molar-refractivity contribution in [2.75, 3.05) is 10.6 Å². The van der Waals surface area contributed by atoms with E-state index in [1.165, 1.54) is 0 Å². The standard InChI is InChI=1S/C15H19ClN4/c1-9(2)17-15-18-11(4)7-14(20-15)19-13-8-12(16)6-5-10(13)3/h5-9H,1-4H3,(H2,17,18,19,20). The van der Waals surface area contributed by atoms with E-state index in [9.17, 15) is 0 Å². The summed E-state index contributed by atoms with van der Waals surface area (Å²) in [5, 5.41) is 7.20. The van der Waals surface area contributed by atoms with E-state index in [0.717, 1.165) is 22.8 Å². The Labute approximate surface area is 124 Å². The number of rotatable bonds is 4. The summed E-state index contributed by atoms with van der Waals surface area (Å²) in [5.41, 5.74) is 2.97.